The normalized spacial score (nSPS) is 15.7. The van der Waals surface area contributed by atoms with E-state index >= 15 is 0 Å². The smallest absolute Gasteiger partial charge is 0.246 e. The van der Waals surface area contributed by atoms with Crippen molar-refractivity contribution in [3.63, 3.8) is 0 Å². The summed E-state index contributed by atoms with van der Waals surface area (Å²) >= 11 is 5.00. The second-order valence-corrected chi connectivity index (χ2v) is 8.41. The van der Waals surface area contributed by atoms with Crippen LogP contribution in [0.5, 0.6) is 0 Å². The predicted octanol–water partition coefficient (Wildman–Crippen LogP) is 3.31. The second-order valence-electron chi connectivity index (χ2n) is 5.92. The van der Waals surface area contributed by atoms with Crippen LogP contribution >= 0.6 is 27.3 Å². The molecule has 1 aromatic rings. The van der Waals surface area contributed by atoms with Crippen LogP contribution in [0.2, 0.25) is 0 Å². The standard InChI is InChI=1S/C18H25BrN2O3S/c1-2-24-13-3-10-20-18(23)14-8-11-21(12-9-14)17(22)7-5-15-4-6-16(19)25-15/h4-7,14H,2-3,8-13H2,1H3,(H,20,23). The number of carbonyl (C=O) groups excluding carboxylic acids is 2. The maximum atomic E-state index is 12.2. The Morgan fingerprint density at radius 1 is 1.40 bits per heavy atom. The molecule has 0 atom stereocenters. The molecule has 1 saturated heterocycles. The van der Waals surface area contributed by atoms with Crippen molar-refractivity contribution >= 4 is 45.2 Å². The van der Waals surface area contributed by atoms with Gasteiger partial charge in [0.25, 0.3) is 0 Å². The van der Waals surface area contributed by atoms with Gasteiger partial charge >= 0.3 is 0 Å². The molecular weight excluding hydrogens is 404 g/mol. The molecule has 2 heterocycles. The molecule has 7 heteroatoms. The Morgan fingerprint density at radius 3 is 2.80 bits per heavy atom. The first-order valence-electron chi connectivity index (χ1n) is 8.68. The fourth-order valence-corrected chi connectivity index (χ4v) is 4.04. The second kappa shape index (κ2) is 10.7. The number of carbonyl (C=O) groups is 2. The van der Waals surface area contributed by atoms with E-state index in [4.69, 9.17) is 4.74 Å². The molecule has 0 aliphatic carbocycles. The Morgan fingerprint density at radius 2 is 2.16 bits per heavy atom. The Bertz CT molecular complexity index is 595. The number of nitrogens with zero attached hydrogens (tertiary/aromatic N) is 1. The van der Waals surface area contributed by atoms with Crippen LogP contribution < -0.4 is 5.32 Å². The molecule has 25 heavy (non-hydrogen) atoms. The van der Waals surface area contributed by atoms with E-state index in [1.807, 2.05) is 30.0 Å². The summed E-state index contributed by atoms with van der Waals surface area (Å²) in [5, 5.41) is 2.96. The first-order valence-corrected chi connectivity index (χ1v) is 10.3. The van der Waals surface area contributed by atoms with Gasteiger partial charge in [-0.05, 0) is 60.3 Å². The zero-order chi connectivity index (χ0) is 18.1. The molecule has 138 valence electrons. The number of nitrogens with one attached hydrogen (secondary N) is 1. The number of likely N-dealkylation sites (tertiary alicyclic amines) is 1. The molecule has 0 spiro atoms. The summed E-state index contributed by atoms with van der Waals surface area (Å²) in [5.74, 6) is 0.121. The predicted molar refractivity (Wildman–Crippen MR) is 104 cm³/mol. The van der Waals surface area contributed by atoms with E-state index in [9.17, 15) is 9.59 Å². The number of piperidine rings is 1. The van der Waals surface area contributed by atoms with Gasteiger partial charge in [0, 0.05) is 49.7 Å². The number of hydrogen-bond acceptors (Lipinski definition) is 4. The number of thiophene rings is 1. The molecule has 1 aliphatic heterocycles. The third-order valence-corrected chi connectivity index (χ3v) is 5.72. The minimum Gasteiger partial charge on any atom is -0.382 e. The van der Waals surface area contributed by atoms with Crippen LogP contribution in [0.1, 0.15) is 31.1 Å². The molecule has 1 aromatic heterocycles. The average molecular weight is 429 g/mol. The number of halogens is 1. The summed E-state index contributed by atoms with van der Waals surface area (Å²) in [6.07, 6.45) is 5.74. The van der Waals surface area contributed by atoms with E-state index < -0.39 is 0 Å². The molecule has 0 radical (unpaired) electrons. The largest absolute Gasteiger partial charge is 0.382 e. The highest BCUT2D eigenvalue weighted by molar-refractivity contribution is 9.11. The minimum atomic E-state index is 0.00775. The van der Waals surface area contributed by atoms with E-state index in [0.717, 1.165) is 27.9 Å². The zero-order valence-corrected chi connectivity index (χ0v) is 16.9. The summed E-state index contributed by atoms with van der Waals surface area (Å²) < 4.78 is 6.30. The molecule has 2 amide bonds. The number of ether oxygens (including phenoxy) is 1. The van der Waals surface area contributed by atoms with Crippen LogP contribution in [0, 0.1) is 5.92 Å². The van der Waals surface area contributed by atoms with Gasteiger partial charge in [-0.1, -0.05) is 0 Å². The lowest BCUT2D eigenvalue weighted by Crippen LogP contribution is -2.42. The van der Waals surface area contributed by atoms with E-state index in [1.54, 1.807) is 17.4 Å². The molecule has 0 bridgehead atoms. The van der Waals surface area contributed by atoms with E-state index in [0.29, 0.717) is 32.8 Å². The van der Waals surface area contributed by atoms with Crippen molar-refractivity contribution in [1.82, 2.24) is 10.2 Å². The van der Waals surface area contributed by atoms with Crippen molar-refractivity contribution in [2.45, 2.75) is 26.2 Å². The lowest BCUT2D eigenvalue weighted by molar-refractivity contribution is -0.132. The zero-order valence-electron chi connectivity index (χ0n) is 14.5. The fraction of sp³-hybridized carbons (Fsp3) is 0.556. The lowest BCUT2D eigenvalue weighted by Gasteiger charge is -2.30. The van der Waals surface area contributed by atoms with Crippen molar-refractivity contribution in [3.05, 3.63) is 26.9 Å². The quantitative estimate of drug-likeness (QED) is 0.510. The van der Waals surface area contributed by atoms with Crippen LogP contribution in [-0.4, -0.2) is 49.6 Å². The lowest BCUT2D eigenvalue weighted by atomic mass is 9.96. The molecular formula is C18H25BrN2O3S. The molecule has 1 aliphatic rings. The Labute approximate surface area is 161 Å². The van der Waals surface area contributed by atoms with Crippen LogP contribution in [0.25, 0.3) is 6.08 Å². The third-order valence-electron chi connectivity index (χ3n) is 4.13. The monoisotopic (exact) mass is 428 g/mol. The molecule has 0 unspecified atom stereocenters. The van der Waals surface area contributed by atoms with Crippen LogP contribution in [0.15, 0.2) is 22.0 Å². The minimum absolute atomic E-state index is 0.00775. The van der Waals surface area contributed by atoms with Gasteiger partial charge in [-0.2, -0.15) is 0 Å². The Hall–Kier alpha value is -1.18. The number of hydrogen-bond donors (Lipinski definition) is 1. The van der Waals surface area contributed by atoms with Crippen LogP contribution in [-0.2, 0) is 14.3 Å². The maximum Gasteiger partial charge on any atom is 0.246 e. The molecule has 2 rings (SSSR count). The summed E-state index contributed by atoms with van der Waals surface area (Å²) in [6, 6.07) is 3.94. The maximum absolute atomic E-state index is 12.2. The molecule has 5 nitrogen and oxygen atoms in total. The van der Waals surface area contributed by atoms with Gasteiger partial charge in [0.1, 0.15) is 0 Å². The van der Waals surface area contributed by atoms with E-state index in [1.165, 1.54) is 0 Å². The van der Waals surface area contributed by atoms with Gasteiger partial charge in [0.05, 0.1) is 3.79 Å². The Kier molecular flexibility index (Phi) is 8.64. The van der Waals surface area contributed by atoms with Crippen molar-refractivity contribution < 1.29 is 14.3 Å². The first kappa shape index (κ1) is 20.1. The van der Waals surface area contributed by atoms with Crippen molar-refractivity contribution in [3.8, 4) is 0 Å². The van der Waals surface area contributed by atoms with Crippen LogP contribution in [0.4, 0.5) is 0 Å². The first-order chi connectivity index (χ1) is 12.1. The Balaban J connectivity index is 1.69. The summed E-state index contributed by atoms with van der Waals surface area (Å²) in [4.78, 5) is 27.3. The van der Waals surface area contributed by atoms with Gasteiger partial charge in [-0.3, -0.25) is 9.59 Å². The molecule has 1 fully saturated rings. The fourth-order valence-electron chi connectivity index (χ4n) is 2.71. The summed E-state index contributed by atoms with van der Waals surface area (Å²) in [5.41, 5.74) is 0. The van der Waals surface area contributed by atoms with Gasteiger partial charge in [-0.15, -0.1) is 11.3 Å². The van der Waals surface area contributed by atoms with Crippen molar-refractivity contribution in [2.24, 2.45) is 5.92 Å². The highest BCUT2D eigenvalue weighted by Crippen LogP contribution is 2.23. The highest BCUT2D eigenvalue weighted by Gasteiger charge is 2.26. The summed E-state index contributed by atoms with van der Waals surface area (Å²) in [6.45, 7) is 5.26. The SMILES string of the molecule is CCOCCCNC(=O)C1CCN(C(=O)C=Cc2ccc(Br)s2)CC1. The van der Waals surface area contributed by atoms with Crippen LogP contribution in [0.3, 0.4) is 0 Å². The number of amides is 2. The van der Waals surface area contributed by atoms with E-state index in [2.05, 4.69) is 21.2 Å². The van der Waals surface area contributed by atoms with Crippen molar-refractivity contribution in [2.75, 3.05) is 32.8 Å². The molecule has 0 aromatic carbocycles. The molecule has 1 N–H and O–H groups in total. The van der Waals surface area contributed by atoms with Gasteiger partial charge in [0.2, 0.25) is 11.8 Å². The van der Waals surface area contributed by atoms with Gasteiger partial charge in [0.15, 0.2) is 0 Å². The number of rotatable bonds is 8. The average Bonchev–Trinajstić information content (AvgIpc) is 3.05. The summed E-state index contributed by atoms with van der Waals surface area (Å²) in [7, 11) is 0. The van der Waals surface area contributed by atoms with E-state index in [-0.39, 0.29) is 17.7 Å². The highest BCUT2D eigenvalue weighted by atomic mass is 79.9. The van der Waals surface area contributed by atoms with Gasteiger partial charge < -0.3 is 15.0 Å². The van der Waals surface area contributed by atoms with Crippen molar-refractivity contribution in [1.29, 1.82) is 0 Å². The molecule has 0 saturated carbocycles. The topological polar surface area (TPSA) is 58.6 Å². The van der Waals surface area contributed by atoms with Gasteiger partial charge in [-0.25, -0.2) is 0 Å². The third kappa shape index (κ3) is 6.92.